The lowest BCUT2D eigenvalue weighted by Gasteiger charge is -2.18. The van der Waals surface area contributed by atoms with Crippen LogP contribution in [-0.2, 0) is 16.0 Å². The fourth-order valence-electron chi connectivity index (χ4n) is 4.34. The number of carbonyl (C=O) groups is 2. The first-order valence-corrected chi connectivity index (χ1v) is 11.9. The van der Waals surface area contributed by atoms with Crippen LogP contribution in [0.25, 0.3) is 0 Å². The van der Waals surface area contributed by atoms with Gasteiger partial charge in [0, 0.05) is 18.4 Å². The summed E-state index contributed by atoms with van der Waals surface area (Å²) in [6, 6.07) is 9.11. The summed E-state index contributed by atoms with van der Waals surface area (Å²) in [6.07, 6.45) is 4.95. The van der Waals surface area contributed by atoms with Crippen molar-refractivity contribution >= 4 is 24.5 Å². The quantitative estimate of drug-likeness (QED) is 0.286. The number of fused-ring (bicyclic) bond motifs is 1. The van der Waals surface area contributed by atoms with Gasteiger partial charge in [0.15, 0.2) is 0 Å². The number of aryl methyl sites for hydroxylation is 2. The number of hydrogen-bond acceptors (Lipinski definition) is 5. The molecule has 2 aliphatic rings. The second-order valence-electron chi connectivity index (χ2n) is 8.84. The van der Waals surface area contributed by atoms with Crippen molar-refractivity contribution in [3.8, 4) is 11.5 Å². The SMILES string of the molecule is CC1=C(C(=O)NC(S)c2cc(F)cc(Oc3ccc(CCC(=O)O)c(C)c3)c2)NC2C=CC(F)=CC12. The minimum Gasteiger partial charge on any atom is -0.481 e. The summed E-state index contributed by atoms with van der Waals surface area (Å²) in [7, 11) is 0. The van der Waals surface area contributed by atoms with E-state index in [4.69, 9.17) is 9.84 Å². The summed E-state index contributed by atoms with van der Waals surface area (Å²) in [5.74, 6) is -1.76. The fourth-order valence-corrected chi connectivity index (χ4v) is 4.61. The monoisotopic (exact) mass is 512 g/mol. The molecule has 0 radical (unpaired) electrons. The highest BCUT2D eigenvalue weighted by atomic mass is 32.1. The largest absolute Gasteiger partial charge is 0.481 e. The van der Waals surface area contributed by atoms with Gasteiger partial charge >= 0.3 is 5.97 Å². The summed E-state index contributed by atoms with van der Waals surface area (Å²) < 4.78 is 33.9. The number of hydrogen-bond donors (Lipinski definition) is 4. The van der Waals surface area contributed by atoms with Crippen LogP contribution in [0.15, 0.2) is 71.7 Å². The molecule has 4 rings (SSSR count). The topological polar surface area (TPSA) is 87.7 Å². The Labute approximate surface area is 213 Å². The van der Waals surface area contributed by atoms with E-state index in [1.165, 1.54) is 24.3 Å². The molecule has 1 amide bonds. The Morgan fingerprint density at radius 3 is 2.67 bits per heavy atom. The zero-order chi connectivity index (χ0) is 26.0. The molecule has 3 unspecified atom stereocenters. The van der Waals surface area contributed by atoms with Crippen LogP contribution < -0.4 is 15.4 Å². The second kappa shape index (κ2) is 10.6. The van der Waals surface area contributed by atoms with Crippen LogP contribution in [0, 0.1) is 18.7 Å². The number of rotatable bonds is 8. The van der Waals surface area contributed by atoms with Gasteiger partial charge in [-0.25, -0.2) is 8.78 Å². The molecule has 1 heterocycles. The summed E-state index contributed by atoms with van der Waals surface area (Å²) in [5.41, 5.74) is 3.19. The highest BCUT2D eigenvalue weighted by Crippen LogP contribution is 2.33. The Morgan fingerprint density at radius 1 is 1.17 bits per heavy atom. The lowest BCUT2D eigenvalue weighted by Crippen LogP contribution is -2.34. The predicted octanol–water partition coefficient (Wildman–Crippen LogP) is 5.27. The maximum Gasteiger partial charge on any atom is 0.303 e. The van der Waals surface area contributed by atoms with Gasteiger partial charge < -0.3 is 20.5 Å². The van der Waals surface area contributed by atoms with Crippen molar-refractivity contribution in [2.24, 2.45) is 5.92 Å². The summed E-state index contributed by atoms with van der Waals surface area (Å²) in [5, 5.41) is 13.9. The number of amides is 1. The van der Waals surface area contributed by atoms with E-state index in [0.29, 0.717) is 29.0 Å². The van der Waals surface area contributed by atoms with E-state index in [2.05, 4.69) is 23.3 Å². The molecule has 0 spiro atoms. The number of thiol groups is 1. The van der Waals surface area contributed by atoms with Gasteiger partial charge in [-0.15, -0.1) is 12.6 Å². The molecule has 3 atom stereocenters. The van der Waals surface area contributed by atoms with Gasteiger partial charge in [-0.1, -0.05) is 12.1 Å². The molecular formula is C27H26F2N2O4S. The van der Waals surface area contributed by atoms with E-state index in [-0.39, 0.29) is 30.0 Å². The minimum absolute atomic E-state index is 0.0287. The van der Waals surface area contributed by atoms with Gasteiger partial charge in [0.2, 0.25) is 0 Å². The summed E-state index contributed by atoms with van der Waals surface area (Å²) in [6.45, 7) is 3.62. The van der Waals surface area contributed by atoms with Gasteiger partial charge in [0.05, 0.1) is 17.1 Å². The van der Waals surface area contributed by atoms with Crippen molar-refractivity contribution in [3.05, 3.63) is 94.2 Å². The summed E-state index contributed by atoms with van der Waals surface area (Å²) in [4.78, 5) is 23.7. The number of halogens is 2. The van der Waals surface area contributed by atoms with E-state index in [1.807, 2.05) is 6.92 Å². The third kappa shape index (κ3) is 5.79. The maximum atomic E-state index is 14.4. The molecule has 0 saturated carbocycles. The molecule has 9 heteroatoms. The molecule has 0 bridgehead atoms. The highest BCUT2D eigenvalue weighted by molar-refractivity contribution is 7.80. The molecule has 0 saturated heterocycles. The van der Waals surface area contributed by atoms with Crippen molar-refractivity contribution in [2.75, 3.05) is 0 Å². The van der Waals surface area contributed by atoms with E-state index in [0.717, 1.165) is 11.1 Å². The molecule has 0 aromatic heterocycles. The van der Waals surface area contributed by atoms with Gasteiger partial charge in [-0.05, 0) is 78.9 Å². The molecule has 0 fully saturated rings. The molecule has 188 valence electrons. The van der Waals surface area contributed by atoms with Crippen molar-refractivity contribution < 1.29 is 28.2 Å². The Kier molecular flexibility index (Phi) is 7.49. The van der Waals surface area contributed by atoms with Crippen molar-refractivity contribution in [3.63, 3.8) is 0 Å². The van der Waals surface area contributed by atoms with Crippen molar-refractivity contribution in [1.29, 1.82) is 0 Å². The van der Waals surface area contributed by atoms with E-state index >= 15 is 0 Å². The number of ether oxygens (including phenoxy) is 1. The third-order valence-electron chi connectivity index (χ3n) is 6.26. The van der Waals surface area contributed by atoms with E-state index in [1.54, 1.807) is 37.3 Å². The average molecular weight is 513 g/mol. The third-order valence-corrected chi connectivity index (χ3v) is 6.68. The number of nitrogens with one attached hydrogen (secondary N) is 2. The van der Waals surface area contributed by atoms with Crippen molar-refractivity contribution in [1.82, 2.24) is 10.6 Å². The molecule has 1 aliphatic carbocycles. The number of benzene rings is 2. The minimum atomic E-state index is -0.869. The molecule has 1 aliphatic heterocycles. The summed E-state index contributed by atoms with van der Waals surface area (Å²) >= 11 is 4.45. The van der Waals surface area contributed by atoms with Gasteiger partial charge in [-0.3, -0.25) is 9.59 Å². The molecule has 36 heavy (non-hydrogen) atoms. The fraction of sp³-hybridized carbons (Fsp3) is 0.259. The second-order valence-corrected chi connectivity index (χ2v) is 9.36. The first-order valence-electron chi connectivity index (χ1n) is 11.4. The first-order chi connectivity index (χ1) is 17.1. The van der Waals surface area contributed by atoms with Crippen LogP contribution in [0.3, 0.4) is 0 Å². The molecule has 3 N–H and O–H groups in total. The number of carboxylic acid groups (broad SMARTS) is 1. The van der Waals surface area contributed by atoms with Crippen LogP contribution in [0.4, 0.5) is 8.78 Å². The molecule has 2 aromatic carbocycles. The Bertz CT molecular complexity index is 1300. The number of carboxylic acids is 1. The predicted molar refractivity (Wildman–Crippen MR) is 135 cm³/mol. The van der Waals surface area contributed by atoms with Crippen molar-refractivity contribution in [2.45, 2.75) is 38.1 Å². The first kappa shape index (κ1) is 25.5. The molecule has 6 nitrogen and oxygen atoms in total. The number of allylic oxidation sites excluding steroid dienone is 2. The Hall–Kier alpha value is -3.59. The maximum absolute atomic E-state index is 14.4. The zero-order valence-electron chi connectivity index (χ0n) is 19.7. The number of aliphatic carboxylic acids is 1. The van der Waals surface area contributed by atoms with E-state index in [9.17, 15) is 18.4 Å². The van der Waals surface area contributed by atoms with Crippen LogP contribution in [0.2, 0.25) is 0 Å². The lowest BCUT2D eigenvalue weighted by molar-refractivity contribution is -0.137. The smallest absolute Gasteiger partial charge is 0.303 e. The van der Waals surface area contributed by atoms with Crippen LogP contribution >= 0.6 is 12.6 Å². The molecule has 2 aromatic rings. The van der Waals surface area contributed by atoms with Gasteiger partial charge in [0.25, 0.3) is 5.91 Å². The van der Waals surface area contributed by atoms with E-state index < -0.39 is 23.1 Å². The Morgan fingerprint density at radius 2 is 1.94 bits per heavy atom. The van der Waals surface area contributed by atoms with Crippen LogP contribution in [0.5, 0.6) is 11.5 Å². The van der Waals surface area contributed by atoms with Crippen LogP contribution in [0.1, 0.15) is 35.4 Å². The standard InChI is InChI=1S/C27H26F2N2O4S/c1-14-9-20(6-3-16(14)4-8-24(32)33)35-21-11-17(10-19(29)12-21)27(36)31-26(34)25-15(2)22-13-18(28)5-7-23(22)30-25/h3,5-7,9-13,22-23,27,30,36H,4,8H2,1-2H3,(H,31,34)(H,32,33). The molecular weight excluding hydrogens is 486 g/mol. The van der Waals surface area contributed by atoms with Gasteiger partial charge in [0.1, 0.15) is 23.1 Å². The normalized spacial score (nSPS) is 19.3. The zero-order valence-corrected chi connectivity index (χ0v) is 20.6. The van der Waals surface area contributed by atoms with Gasteiger partial charge in [-0.2, -0.15) is 0 Å². The lowest BCUT2D eigenvalue weighted by atomic mass is 9.91. The number of carbonyl (C=O) groups excluding carboxylic acids is 1. The van der Waals surface area contributed by atoms with Crippen LogP contribution in [-0.4, -0.2) is 23.0 Å². The average Bonchev–Trinajstić information content (AvgIpc) is 3.14. The highest BCUT2D eigenvalue weighted by Gasteiger charge is 2.34. The Balaban J connectivity index is 1.46.